The van der Waals surface area contributed by atoms with Crippen LogP contribution < -0.4 is 10.9 Å². The molecule has 0 aliphatic carbocycles. The van der Waals surface area contributed by atoms with Gasteiger partial charge in [0.15, 0.2) is 0 Å². The van der Waals surface area contributed by atoms with Gasteiger partial charge in [-0.05, 0) is 61.1 Å². The minimum Gasteiger partial charge on any atom is -0.352 e. The van der Waals surface area contributed by atoms with Gasteiger partial charge in [0, 0.05) is 12.1 Å². The third kappa shape index (κ3) is 5.48. The molecule has 0 unspecified atom stereocenters. The molecule has 152 valence electrons. The van der Waals surface area contributed by atoms with Gasteiger partial charge in [0.25, 0.3) is 11.5 Å². The third-order valence-corrected chi connectivity index (χ3v) is 5.95. The SMILES string of the molecule is CCCSCCCNC(=O)c1ccc(Cn2c(=O)c(C)nc3ccccc32)cc1. The van der Waals surface area contributed by atoms with Crippen LogP contribution in [0, 0.1) is 6.92 Å². The molecule has 0 atom stereocenters. The Balaban J connectivity index is 1.66. The summed E-state index contributed by atoms with van der Waals surface area (Å²) in [6.45, 7) is 5.04. The lowest BCUT2D eigenvalue weighted by Crippen LogP contribution is -2.25. The van der Waals surface area contributed by atoms with Gasteiger partial charge in [0.2, 0.25) is 0 Å². The van der Waals surface area contributed by atoms with E-state index in [2.05, 4.69) is 17.2 Å². The molecule has 0 bridgehead atoms. The van der Waals surface area contributed by atoms with Gasteiger partial charge in [-0.2, -0.15) is 11.8 Å². The fourth-order valence-corrected chi connectivity index (χ4v) is 3.99. The highest BCUT2D eigenvalue weighted by Gasteiger charge is 2.09. The van der Waals surface area contributed by atoms with Gasteiger partial charge in [-0.15, -0.1) is 0 Å². The predicted molar refractivity (Wildman–Crippen MR) is 121 cm³/mol. The number of hydrogen-bond donors (Lipinski definition) is 1. The maximum Gasteiger partial charge on any atom is 0.272 e. The van der Waals surface area contributed by atoms with Crippen molar-refractivity contribution in [1.82, 2.24) is 14.9 Å². The van der Waals surface area contributed by atoms with Crippen molar-refractivity contribution in [2.24, 2.45) is 0 Å². The van der Waals surface area contributed by atoms with Crippen molar-refractivity contribution < 1.29 is 4.79 Å². The topological polar surface area (TPSA) is 64.0 Å². The fraction of sp³-hybridized carbons (Fsp3) is 0.348. The number of hydrogen-bond acceptors (Lipinski definition) is 4. The molecule has 1 N–H and O–H groups in total. The second-order valence-corrected chi connectivity index (χ2v) is 8.22. The third-order valence-electron chi connectivity index (χ3n) is 4.67. The highest BCUT2D eigenvalue weighted by molar-refractivity contribution is 7.99. The number of amides is 1. The predicted octanol–water partition coefficient (Wildman–Crippen LogP) is 4.02. The van der Waals surface area contributed by atoms with Crippen LogP contribution in [0.3, 0.4) is 0 Å². The highest BCUT2D eigenvalue weighted by atomic mass is 32.2. The van der Waals surface area contributed by atoms with Crippen molar-refractivity contribution in [2.75, 3.05) is 18.1 Å². The molecule has 0 fully saturated rings. The number of fused-ring (bicyclic) bond motifs is 1. The Morgan fingerprint density at radius 2 is 1.86 bits per heavy atom. The zero-order chi connectivity index (χ0) is 20.6. The lowest BCUT2D eigenvalue weighted by molar-refractivity contribution is 0.0954. The molecule has 29 heavy (non-hydrogen) atoms. The molecule has 0 aliphatic heterocycles. The summed E-state index contributed by atoms with van der Waals surface area (Å²) in [7, 11) is 0. The monoisotopic (exact) mass is 409 g/mol. The Morgan fingerprint density at radius 3 is 2.62 bits per heavy atom. The second-order valence-electron chi connectivity index (χ2n) is 7.00. The van der Waals surface area contributed by atoms with E-state index in [0.29, 0.717) is 24.3 Å². The van der Waals surface area contributed by atoms with Gasteiger partial charge in [-0.3, -0.25) is 9.59 Å². The van der Waals surface area contributed by atoms with E-state index in [0.717, 1.165) is 28.8 Å². The molecule has 0 radical (unpaired) electrons. The summed E-state index contributed by atoms with van der Waals surface area (Å²) in [6, 6.07) is 15.1. The van der Waals surface area contributed by atoms with Crippen LogP contribution in [0.2, 0.25) is 0 Å². The first-order valence-electron chi connectivity index (χ1n) is 10.0. The molecule has 6 heteroatoms. The number of benzene rings is 2. The molecule has 5 nitrogen and oxygen atoms in total. The maximum atomic E-state index is 12.6. The van der Waals surface area contributed by atoms with Gasteiger partial charge >= 0.3 is 0 Å². The summed E-state index contributed by atoms with van der Waals surface area (Å²) < 4.78 is 1.74. The molecule has 2 aromatic carbocycles. The summed E-state index contributed by atoms with van der Waals surface area (Å²) >= 11 is 1.92. The molecular weight excluding hydrogens is 382 g/mol. The number of nitrogens with one attached hydrogen (secondary N) is 1. The van der Waals surface area contributed by atoms with E-state index in [1.54, 1.807) is 11.5 Å². The number of rotatable bonds is 9. The van der Waals surface area contributed by atoms with Crippen LogP contribution in [0.25, 0.3) is 11.0 Å². The smallest absolute Gasteiger partial charge is 0.272 e. The summed E-state index contributed by atoms with van der Waals surface area (Å²) in [6.07, 6.45) is 2.16. The molecule has 1 aromatic heterocycles. The van der Waals surface area contributed by atoms with E-state index >= 15 is 0 Å². The standard InChI is InChI=1S/C23H27N3O2S/c1-3-14-29-15-6-13-24-22(27)19-11-9-18(10-12-19)16-26-21-8-5-4-7-20(21)25-17(2)23(26)28/h4-5,7-12H,3,6,13-16H2,1-2H3,(H,24,27). The average molecular weight is 410 g/mol. The highest BCUT2D eigenvalue weighted by Crippen LogP contribution is 2.13. The summed E-state index contributed by atoms with van der Waals surface area (Å²) in [5.41, 5.74) is 3.61. The quantitative estimate of drug-likeness (QED) is 0.542. The van der Waals surface area contributed by atoms with Crippen molar-refractivity contribution in [2.45, 2.75) is 33.2 Å². The summed E-state index contributed by atoms with van der Waals surface area (Å²) in [4.78, 5) is 29.3. The van der Waals surface area contributed by atoms with Crippen LogP contribution in [0.15, 0.2) is 53.3 Å². The zero-order valence-corrected chi connectivity index (χ0v) is 17.8. The van der Waals surface area contributed by atoms with Crippen LogP contribution in [0.5, 0.6) is 0 Å². The van der Waals surface area contributed by atoms with Crippen molar-refractivity contribution in [3.05, 3.63) is 75.7 Å². The van der Waals surface area contributed by atoms with Crippen LogP contribution >= 0.6 is 11.8 Å². The normalized spacial score (nSPS) is 11.0. The van der Waals surface area contributed by atoms with Gasteiger partial charge in [-0.25, -0.2) is 4.98 Å². The first kappa shape index (κ1) is 21.1. The number of carbonyl (C=O) groups is 1. The van der Waals surface area contributed by atoms with Crippen LogP contribution in [-0.4, -0.2) is 33.5 Å². The van der Waals surface area contributed by atoms with Crippen LogP contribution in [0.4, 0.5) is 0 Å². The molecule has 0 saturated heterocycles. The fourth-order valence-electron chi connectivity index (χ4n) is 3.15. The minimum absolute atomic E-state index is 0.0561. The van der Waals surface area contributed by atoms with Crippen molar-refractivity contribution in [3.63, 3.8) is 0 Å². The Morgan fingerprint density at radius 1 is 1.10 bits per heavy atom. The van der Waals surface area contributed by atoms with E-state index in [9.17, 15) is 9.59 Å². The van der Waals surface area contributed by atoms with Crippen LogP contribution in [0.1, 0.15) is 41.4 Å². The van der Waals surface area contributed by atoms with Gasteiger partial charge in [0.05, 0.1) is 17.6 Å². The molecular formula is C23H27N3O2S. The Hall–Kier alpha value is -2.60. The van der Waals surface area contributed by atoms with E-state index < -0.39 is 0 Å². The minimum atomic E-state index is -0.0912. The van der Waals surface area contributed by atoms with Gasteiger partial charge < -0.3 is 9.88 Å². The lowest BCUT2D eigenvalue weighted by atomic mass is 10.1. The maximum absolute atomic E-state index is 12.6. The Labute approximate surface area is 175 Å². The zero-order valence-electron chi connectivity index (χ0n) is 17.0. The number of para-hydroxylation sites is 2. The molecule has 1 amide bonds. The molecule has 1 heterocycles. The molecule has 0 spiro atoms. The second kappa shape index (κ2) is 10.3. The number of thioether (sulfide) groups is 1. The first-order valence-corrected chi connectivity index (χ1v) is 11.2. The number of aryl methyl sites for hydroxylation is 1. The van der Waals surface area contributed by atoms with Crippen molar-refractivity contribution in [1.29, 1.82) is 0 Å². The summed E-state index contributed by atoms with van der Waals surface area (Å²) in [5, 5.41) is 2.97. The number of nitrogens with zero attached hydrogens (tertiary/aromatic N) is 2. The van der Waals surface area contributed by atoms with E-state index in [1.807, 2.05) is 60.3 Å². The lowest BCUT2D eigenvalue weighted by Gasteiger charge is -2.12. The Bertz CT molecular complexity index is 1030. The van der Waals surface area contributed by atoms with Gasteiger partial charge in [-0.1, -0.05) is 31.2 Å². The largest absolute Gasteiger partial charge is 0.352 e. The van der Waals surface area contributed by atoms with Crippen LogP contribution in [-0.2, 0) is 6.54 Å². The van der Waals surface area contributed by atoms with Crippen molar-refractivity contribution in [3.8, 4) is 0 Å². The Kier molecular flexibility index (Phi) is 7.47. The molecule has 0 aliphatic rings. The van der Waals surface area contributed by atoms with E-state index in [-0.39, 0.29) is 11.5 Å². The number of carbonyl (C=O) groups excluding carboxylic acids is 1. The van der Waals surface area contributed by atoms with E-state index in [1.165, 1.54) is 12.2 Å². The summed E-state index contributed by atoms with van der Waals surface area (Å²) in [5.74, 6) is 2.19. The molecule has 0 saturated carbocycles. The molecule has 3 rings (SSSR count). The van der Waals surface area contributed by atoms with Crippen molar-refractivity contribution >= 4 is 28.7 Å². The van der Waals surface area contributed by atoms with Gasteiger partial charge in [0.1, 0.15) is 5.69 Å². The van der Waals surface area contributed by atoms with E-state index in [4.69, 9.17) is 0 Å². The first-order chi connectivity index (χ1) is 14.1. The average Bonchev–Trinajstić information content (AvgIpc) is 2.74. The molecule has 3 aromatic rings. The number of aromatic nitrogens is 2.